The summed E-state index contributed by atoms with van der Waals surface area (Å²) in [5.74, 6) is -0.128. The van der Waals surface area contributed by atoms with Crippen LogP contribution < -0.4 is 0 Å². The first kappa shape index (κ1) is 51.8. The highest BCUT2D eigenvalue weighted by Crippen LogP contribution is 2.13. The molecule has 0 aliphatic rings. The number of hydrogen-bond donors (Lipinski definition) is 0. The molecule has 0 aromatic carbocycles. The summed E-state index contributed by atoms with van der Waals surface area (Å²) in [6.07, 6.45) is 22.3. The van der Waals surface area contributed by atoms with Crippen LogP contribution >= 0.6 is 22.6 Å². The first-order valence-corrected chi connectivity index (χ1v) is 22.2. The fourth-order valence-electron chi connectivity index (χ4n) is 5.09. The zero-order valence-corrected chi connectivity index (χ0v) is 35.4. The van der Waals surface area contributed by atoms with Crippen molar-refractivity contribution < 1.29 is 52.2 Å². The van der Waals surface area contributed by atoms with Crippen molar-refractivity contribution in [1.29, 1.82) is 0 Å². The molecule has 0 aliphatic heterocycles. The van der Waals surface area contributed by atoms with E-state index >= 15 is 0 Å². The van der Waals surface area contributed by atoms with Crippen molar-refractivity contribution in [2.45, 2.75) is 122 Å². The van der Waals surface area contributed by atoms with Crippen LogP contribution in [0.2, 0.25) is 0 Å². The van der Waals surface area contributed by atoms with Crippen LogP contribution in [-0.2, 0) is 52.2 Å². The number of carbonyl (C=O) groups excluding carboxylic acids is 1. The lowest BCUT2D eigenvalue weighted by Gasteiger charge is -2.09. The van der Waals surface area contributed by atoms with Crippen molar-refractivity contribution in [1.82, 2.24) is 0 Å². The second-order valence-electron chi connectivity index (χ2n) is 12.8. The summed E-state index contributed by atoms with van der Waals surface area (Å²) in [5, 5.41) is 0. The molecule has 0 aromatic heterocycles. The van der Waals surface area contributed by atoms with Gasteiger partial charge in [0.1, 0.15) is 6.61 Å². The van der Waals surface area contributed by atoms with Gasteiger partial charge in [-0.2, -0.15) is 0 Å². The maximum absolute atomic E-state index is 11.9. The number of esters is 1. The molecule has 0 aromatic rings. The largest absolute Gasteiger partial charge is 0.463 e. The molecule has 0 atom stereocenters. The molecule has 0 bridgehead atoms. The SMILES string of the molecule is CCCCCCCCCCCCCCCC(=O)OCCOCCOCCOCCOCCOCCOCCOCCOCCOCCCCCCI. The van der Waals surface area contributed by atoms with Gasteiger partial charge in [0.25, 0.3) is 0 Å². The lowest BCUT2D eigenvalue weighted by molar-refractivity contribution is -0.145. The topological polar surface area (TPSA) is 109 Å². The summed E-state index contributed by atoms with van der Waals surface area (Å²) >= 11 is 2.42. The number of alkyl halides is 1. The maximum Gasteiger partial charge on any atom is 0.305 e. The van der Waals surface area contributed by atoms with Gasteiger partial charge >= 0.3 is 5.97 Å². The third-order valence-corrected chi connectivity index (χ3v) is 8.89. The average Bonchev–Trinajstić information content (AvgIpc) is 3.15. The summed E-state index contributed by atoms with van der Waals surface area (Å²) in [7, 11) is 0. The normalized spacial score (nSPS) is 11.5. The van der Waals surface area contributed by atoms with E-state index in [0.29, 0.717) is 125 Å². The minimum absolute atomic E-state index is 0.128. The Hall–Kier alpha value is -0.160. The van der Waals surface area contributed by atoms with E-state index in [1.54, 1.807) is 0 Å². The van der Waals surface area contributed by atoms with Crippen LogP contribution in [0.4, 0.5) is 0 Å². The molecule has 0 saturated heterocycles. The van der Waals surface area contributed by atoms with Crippen molar-refractivity contribution in [3.05, 3.63) is 0 Å². The van der Waals surface area contributed by atoms with Gasteiger partial charge in [-0.1, -0.05) is 119 Å². The quantitative estimate of drug-likeness (QED) is 0.0256. The predicted molar refractivity (Wildman–Crippen MR) is 216 cm³/mol. The van der Waals surface area contributed by atoms with E-state index in [1.165, 1.54) is 94.3 Å². The molecule has 11 nitrogen and oxygen atoms in total. The maximum atomic E-state index is 11.9. The van der Waals surface area contributed by atoms with Gasteiger partial charge in [-0.15, -0.1) is 0 Å². The molecule has 0 unspecified atom stereocenters. The Morgan fingerprint density at radius 2 is 0.596 bits per heavy atom. The van der Waals surface area contributed by atoms with Crippen molar-refractivity contribution in [3.8, 4) is 0 Å². The van der Waals surface area contributed by atoms with Gasteiger partial charge in [-0.3, -0.25) is 4.79 Å². The first-order valence-electron chi connectivity index (χ1n) is 20.7. The predicted octanol–water partition coefficient (Wildman–Crippen LogP) is 8.16. The smallest absolute Gasteiger partial charge is 0.305 e. The number of rotatable bonds is 47. The molecule has 312 valence electrons. The standard InChI is InChI=1S/C40H79IO11/c1-2-3-4-5-6-7-8-9-10-11-12-13-16-19-40(42)52-39-38-51-37-36-50-35-34-49-33-32-48-31-30-47-29-28-46-27-26-45-25-24-44-23-22-43-21-18-15-14-17-20-41/h2-39H2,1H3. The van der Waals surface area contributed by atoms with Crippen LogP contribution in [0.5, 0.6) is 0 Å². The molecule has 52 heavy (non-hydrogen) atoms. The second-order valence-corrected chi connectivity index (χ2v) is 13.9. The van der Waals surface area contributed by atoms with Crippen LogP contribution in [0, 0.1) is 0 Å². The molecule has 0 amide bonds. The molecule has 0 saturated carbocycles. The fourth-order valence-corrected chi connectivity index (χ4v) is 5.63. The van der Waals surface area contributed by atoms with E-state index in [1.807, 2.05) is 0 Å². The summed E-state index contributed by atoms with van der Waals surface area (Å²) in [6, 6.07) is 0. The minimum Gasteiger partial charge on any atom is -0.463 e. The number of ether oxygens (including phenoxy) is 10. The Morgan fingerprint density at radius 1 is 0.327 bits per heavy atom. The third kappa shape index (κ3) is 47.9. The molecular weight excluding hydrogens is 783 g/mol. The zero-order chi connectivity index (χ0) is 37.5. The van der Waals surface area contributed by atoms with Gasteiger partial charge in [0.15, 0.2) is 0 Å². The lowest BCUT2D eigenvalue weighted by atomic mass is 10.0. The van der Waals surface area contributed by atoms with Gasteiger partial charge in [-0.25, -0.2) is 0 Å². The van der Waals surface area contributed by atoms with Crippen molar-refractivity contribution in [2.75, 3.05) is 130 Å². The molecule has 0 aliphatic carbocycles. The van der Waals surface area contributed by atoms with E-state index in [4.69, 9.17) is 47.4 Å². The van der Waals surface area contributed by atoms with Crippen LogP contribution in [-0.4, -0.2) is 136 Å². The van der Waals surface area contributed by atoms with Crippen LogP contribution in [0.3, 0.4) is 0 Å². The Balaban J connectivity index is 3.12. The third-order valence-electron chi connectivity index (χ3n) is 8.12. The highest BCUT2D eigenvalue weighted by atomic mass is 127. The van der Waals surface area contributed by atoms with Crippen molar-refractivity contribution in [2.24, 2.45) is 0 Å². The fraction of sp³-hybridized carbons (Fsp3) is 0.975. The number of hydrogen-bond acceptors (Lipinski definition) is 11. The van der Waals surface area contributed by atoms with Crippen LogP contribution in [0.1, 0.15) is 122 Å². The molecule has 0 fully saturated rings. The minimum atomic E-state index is -0.128. The summed E-state index contributed by atoms with van der Waals surface area (Å²) in [6.45, 7) is 12.2. The molecule has 0 rings (SSSR count). The van der Waals surface area contributed by atoms with E-state index in [2.05, 4.69) is 29.5 Å². The van der Waals surface area contributed by atoms with Gasteiger partial charge in [-0.05, 0) is 23.7 Å². The summed E-state index contributed by atoms with van der Waals surface area (Å²) < 4.78 is 56.0. The number of carbonyl (C=O) groups is 1. The Kier molecular flexibility index (Phi) is 48.7. The number of halogens is 1. The highest BCUT2D eigenvalue weighted by Gasteiger charge is 2.03. The second kappa shape index (κ2) is 48.9. The van der Waals surface area contributed by atoms with Gasteiger partial charge in [0, 0.05) is 13.0 Å². The van der Waals surface area contributed by atoms with Crippen LogP contribution in [0.15, 0.2) is 0 Å². The van der Waals surface area contributed by atoms with E-state index < -0.39 is 0 Å². The van der Waals surface area contributed by atoms with Gasteiger partial charge in [0.05, 0.1) is 112 Å². The first-order chi connectivity index (χ1) is 25.8. The lowest BCUT2D eigenvalue weighted by Crippen LogP contribution is -2.15. The monoisotopic (exact) mass is 862 g/mol. The summed E-state index contributed by atoms with van der Waals surface area (Å²) in [4.78, 5) is 11.9. The van der Waals surface area contributed by atoms with Crippen molar-refractivity contribution >= 4 is 28.6 Å². The molecular formula is C40H79IO11. The molecule has 0 radical (unpaired) electrons. The van der Waals surface area contributed by atoms with E-state index in [0.717, 1.165) is 25.9 Å². The van der Waals surface area contributed by atoms with Gasteiger partial charge in [0.2, 0.25) is 0 Å². The molecule has 0 spiro atoms. The Morgan fingerprint density at radius 3 is 0.942 bits per heavy atom. The zero-order valence-electron chi connectivity index (χ0n) is 33.2. The number of unbranched alkanes of at least 4 members (excludes halogenated alkanes) is 15. The molecule has 0 heterocycles. The average molecular weight is 863 g/mol. The summed E-state index contributed by atoms with van der Waals surface area (Å²) in [5.41, 5.74) is 0. The van der Waals surface area contributed by atoms with Crippen LogP contribution in [0.25, 0.3) is 0 Å². The van der Waals surface area contributed by atoms with E-state index in [9.17, 15) is 4.79 Å². The highest BCUT2D eigenvalue weighted by molar-refractivity contribution is 14.1. The molecule has 12 heteroatoms. The molecule has 0 N–H and O–H groups in total. The van der Waals surface area contributed by atoms with Crippen molar-refractivity contribution in [3.63, 3.8) is 0 Å². The van der Waals surface area contributed by atoms with E-state index in [-0.39, 0.29) is 5.97 Å². The van der Waals surface area contributed by atoms with Gasteiger partial charge < -0.3 is 47.4 Å². The Labute approximate surface area is 332 Å². The Bertz CT molecular complexity index is 663.